The molecule has 86 valence electrons. The van der Waals surface area contributed by atoms with Gasteiger partial charge in [0.15, 0.2) is 0 Å². The largest absolute Gasteiger partial charge is 0.431 e. The second kappa shape index (κ2) is 3.66. The SMILES string of the molecule is CN1CC(C(F)(F)F)=Nc2c(Cl)cccc21. The van der Waals surface area contributed by atoms with Crippen LogP contribution in [-0.2, 0) is 0 Å². The molecule has 2 rings (SSSR count). The molecule has 16 heavy (non-hydrogen) atoms. The molecule has 1 aromatic carbocycles. The van der Waals surface area contributed by atoms with Crippen LogP contribution in [0, 0.1) is 0 Å². The van der Waals surface area contributed by atoms with Gasteiger partial charge in [0.1, 0.15) is 11.4 Å². The number of halogens is 4. The van der Waals surface area contributed by atoms with Gasteiger partial charge in [0.2, 0.25) is 0 Å². The zero-order valence-electron chi connectivity index (χ0n) is 8.35. The van der Waals surface area contributed by atoms with Crippen molar-refractivity contribution >= 4 is 28.7 Å². The fourth-order valence-electron chi connectivity index (χ4n) is 1.56. The van der Waals surface area contributed by atoms with Gasteiger partial charge in [0.25, 0.3) is 0 Å². The third-order valence-electron chi connectivity index (χ3n) is 2.34. The van der Waals surface area contributed by atoms with Crippen LogP contribution in [0.2, 0.25) is 5.02 Å². The second-order valence-corrected chi connectivity index (χ2v) is 3.93. The molecule has 6 heteroatoms. The number of fused-ring (bicyclic) bond motifs is 1. The highest BCUT2D eigenvalue weighted by Gasteiger charge is 2.38. The first-order valence-corrected chi connectivity index (χ1v) is 4.92. The first kappa shape index (κ1) is 11.3. The van der Waals surface area contributed by atoms with E-state index < -0.39 is 11.9 Å². The Labute approximate surface area is 95.3 Å². The average Bonchev–Trinajstić information content (AvgIpc) is 2.18. The van der Waals surface area contributed by atoms with Crippen molar-refractivity contribution in [3.8, 4) is 0 Å². The summed E-state index contributed by atoms with van der Waals surface area (Å²) < 4.78 is 37.6. The fourth-order valence-corrected chi connectivity index (χ4v) is 1.77. The predicted octanol–water partition coefficient (Wildman–Crippen LogP) is 3.42. The summed E-state index contributed by atoms with van der Waals surface area (Å²) in [6.07, 6.45) is -4.41. The van der Waals surface area contributed by atoms with Crippen LogP contribution in [0.25, 0.3) is 0 Å². The van der Waals surface area contributed by atoms with E-state index in [4.69, 9.17) is 11.6 Å². The summed E-state index contributed by atoms with van der Waals surface area (Å²) in [6.45, 7) is -0.253. The van der Waals surface area contributed by atoms with Crippen molar-refractivity contribution in [3.63, 3.8) is 0 Å². The van der Waals surface area contributed by atoms with Crippen molar-refractivity contribution in [1.29, 1.82) is 0 Å². The number of nitrogens with zero attached hydrogens (tertiary/aromatic N) is 2. The molecule has 0 fully saturated rings. The lowest BCUT2D eigenvalue weighted by Gasteiger charge is -2.27. The summed E-state index contributed by atoms with van der Waals surface area (Å²) >= 11 is 5.82. The lowest BCUT2D eigenvalue weighted by Crippen LogP contribution is -2.37. The molecular weight excluding hydrogens is 241 g/mol. The van der Waals surface area contributed by atoms with E-state index in [1.807, 2.05) is 0 Å². The number of aliphatic imine (C=N–C) groups is 1. The van der Waals surface area contributed by atoms with Gasteiger partial charge in [-0.05, 0) is 12.1 Å². The van der Waals surface area contributed by atoms with Crippen molar-refractivity contribution in [1.82, 2.24) is 0 Å². The highest BCUT2D eigenvalue weighted by atomic mass is 35.5. The Morgan fingerprint density at radius 2 is 2.06 bits per heavy atom. The van der Waals surface area contributed by atoms with Gasteiger partial charge >= 0.3 is 6.18 Å². The van der Waals surface area contributed by atoms with Crippen LogP contribution in [0.1, 0.15) is 0 Å². The van der Waals surface area contributed by atoms with E-state index in [9.17, 15) is 13.2 Å². The van der Waals surface area contributed by atoms with Gasteiger partial charge in [-0.2, -0.15) is 13.2 Å². The van der Waals surface area contributed by atoms with E-state index in [1.165, 1.54) is 11.0 Å². The van der Waals surface area contributed by atoms with E-state index in [1.54, 1.807) is 19.2 Å². The molecule has 0 radical (unpaired) electrons. The number of anilines is 1. The van der Waals surface area contributed by atoms with Crippen LogP contribution in [0.3, 0.4) is 0 Å². The van der Waals surface area contributed by atoms with E-state index in [-0.39, 0.29) is 17.3 Å². The molecule has 0 bridgehead atoms. The van der Waals surface area contributed by atoms with Gasteiger partial charge in [-0.1, -0.05) is 17.7 Å². The maximum atomic E-state index is 12.5. The zero-order chi connectivity index (χ0) is 11.9. The maximum absolute atomic E-state index is 12.5. The average molecular weight is 249 g/mol. The van der Waals surface area contributed by atoms with Crippen molar-refractivity contribution in [2.75, 3.05) is 18.5 Å². The topological polar surface area (TPSA) is 15.6 Å². The lowest BCUT2D eigenvalue weighted by molar-refractivity contribution is -0.0597. The molecule has 0 saturated carbocycles. The molecule has 0 saturated heterocycles. The Bertz CT molecular complexity index is 454. The third kappa shape index (κ3) is 1.87. The molecule has 0 atom stereocenters. The highest BCUT2D eigenvalue weighted by molar-refractivity contribution is 6.34. The van der Waals surface area contributed by atoms with Crippen LogP contribution >= 0.6 is 11.6 Å². The number of alkyl halides is 3. The molecule has 2 nitrogen and oxygen atoms in total. The van der Waals surface area contributed by atoms with Crippen molar-refractivity contribution < 1.29 is 13.2 Å². The molecule has 0 amide bonds. The normalized spacial score (nSPS) is 15.8. The Balaban J connectivity index is 2.56. The van der Waals surface area contributed by atoms with Gasteiger partial charge in [-0.3, -0.25) is 0 Å². The molecule has 1 aliphatic rings. The summed E-state index contributed by atoms with van der Waals surface area (Å²) in [5.74, 6) is 0. The van der Waals surface area contributed by atoms with Gasteiger partial charge in [0.05, 0.1) is 17.3 Å². The molecule has 1 aromatic rings. The number of hydrogen-bond donors (Lipinski definition) is 0. The highest BCUT2D eigenvalue weighted by Crippen LogP contribution is 2.39. The van der Waals surface area contributed by atoms with Gasteiger partial charge in [0, 0.05) is 7.05 Å². The molecular formula is C10H8ClF3N2. The van der Waals surface area contributed by atoms with E-state index in [2.05, 4.69) is 4.99 Å². The Kier molecular flexibility index (Phi) is 2.58. The van der Waals surface area contributed by atoms with Crippen molar-refractivity contribution in [3.05, 3.63) is 23.2 Å². The predicted molar refractivity (Wildman–Crippen MR) is 57.9 cm³/mol. The Hall–Kier alpha value is -1.23. The number of para-hydroxylation sites is 1. The minimum atomic E-state index is -4.41. The standard InChI is InChI=1S/C10H8ClF3N2/c1-16-5-8(10(12,13)14)15-9-6(11)3-2-4-7(9)16/h2-4H,5H2,1H3. The second-order valence-electron chi connectivity index (χ2n) is 3.52. The summed E-state index contributed by atoms with van der Waals surface area (Å²) in [7, 11) is 1.58. The first-order valence-electron chi connectivity index (χ1n) is 4.54. The van der Waals surface area contributed by atoms with E-state index in [0.29, 0.717) is 5.69 Å². The fraction of sp³-hybridized carbons (Fsp3) is 0.300. The van der Waals surface area contributed by atoms with Gasteiger partial charge in [-0.25, -0.2) is 4.99 Å². The lowest BCUT2D eigenvalue weighted by atomic mass is 10.2. The van der Waals surface area contributed by atoms with Gasteiger partial charge in [-0.15, -0.1) is 0 Å². The number of hydrogen-bond acceptors (Lipinski definition) is 2. The molecule has 0 spiro atoms. The molecule has 1 heterocycles. The van der Waals surface area contributed by atoms with Crippen molar-refractivity contribution in [2.45, 2.75) is 6.18 Å². The summed E-state index contributed by atoms with van der Waals surface area (Å²) in [5.41, 5.74) is -0.0265. The van der Waals surface area contributed by atoms with Crippen LogP contribution in [-0.4, -0.2) is 25.5 Å². The number of rotatable bonds is 0. The van der Waals surface area contributed by atoms with E-state index in [0.717, 1.165) is 0 Å². The molecule has 0 aliphatic carbocycles. The van der Waals surface area contributed by atoms with Crippen LogP contribution in [0.4, 0.5) is 24.5 Å². The Morgan fingerprint density at radius 1 is 1.38 bits per heavy atom. The smallest absolute Gasteiger partial charge is 0.367 e. The quantitative estimate of drug-likeness (QED) is 0.687. The zero-order valence-corrected chi connectivity index (χ0v) is 9.10. The first-order chi connectivity index (χ1) is 7.39. The number of benzene rings is 1. The van der Waals surface area contributed by atoms with Crippen molar-refractivity contribution in [2.24, 2.45) is 4.99 Å². The van der Waals surface area contributed by atoms with Crippen LogP contribution < -0.4 is 4.90 Å². The van der Waals surface area contributed by atoms with E-state index >= 15 is 0 Å². The minimum absolute atomic E-state index is 0.185. The molecule has 0 N–H and O–H groups in total. The van der Waals surface area contributed by atoms with Crippen LogP contribution in [0.5, 0.6) is 0 Å². The minimum Gasteiger partial charge on any atom is -0.367 e. The summed E-state index contributed by atoms with van der Waals surface area (Å²) in [4.78, 5) is 5.07. The monoisotopic (exact) mass is 248 g/mol. The molecule has 0 unspecified atom stereocenters. The maximum Gasteiger partial charge on any atom is 0.431 e. The summed E-state index contributed by atoms with van der Waals surface area (Å²) in [5, 5.41) is 0.228. The summed E-state index contributed by atoms with van der Waals surface area (Å²) in [6, 6.07) is 4.90. The van der Waals surface area contributed by atoms with Gasteiger partial charge < -0.3 is 4.90 Å². The third-order valence-corrected chi connectivity index (χ3v) is 2.64. The van der Waals surface area contributed by atoms with Crippen LogP contribution in [0.15, 0.2) is 23.2 Å². The Morgan fingerprint density at radius 3 is 2.69 bits per heavy atom. The molecule has 1 aliphatic heterocycles. The molecule has 0 aromatic heterocycles.